The Labute approximate surface area is 137 Å². The van der Waals surface area contributed by atoms with E-state index in [9.17, 15) is 4.79 Å². The summed E-state index contributed by atoms with van der Waals surface area (Å²) >= 11 is 1.52. The number of nitrogens with zero attached hydrogens (tertiary/aromatic N) is 6. The molecule has 0 amide bonds. The molecule has 0 bridgehead atoms. The molecule has 0 spiro atoms. The van der Waals surface area contributed by atoms with Crippen LogP contribution in [0.5, 0.6) is 0 Å². The van der Waals surface area contributed by atoms with Gasteiger partial charge in [0.2, 0.25) is 0 Å². The Morgan fingerprint density at radius 2 is 2.35 bits per heavy atom. The molecular weight excluding hydrogens is 312 g/mol. The zero-order valence-corrected chi connectivity index (χ0v) is 13.7. The third-order valence-electron chi connectivity index (χ3n) is 4.36. The third kappa shape index (κ3) is 2.79. The van der Waals surface area contributed by atoms with Gasteiger partial charge in [0.1, 0.15) is 12.7 Å². The van der Waals surface area contributed by atoms with Crippen molar-refractivity contribution in [2.24, 2.45) is 0 Å². The molecule has 0 radical (unpaired) electrons. The summed E-state index contributed by atoms with van der Waals surface area (Å²) in [5.74, 6) is 0. The summed E-state index contributed by atoms with van der Waals surface area (Å²) in [7, 11) is 0. The first kappa shape index (κ1) is 14.5. The fourth-order valence-corrected chi connectivity index (χ4v) is 4.13. The molecule has 3 aromatic rings. The second-order valence-corrected chi connectivity index (χ2v) is 6.80. The lowest BCUT2D eigenvalue weighted by Crippen LogP contribution is -2.33. The van der Waals surface area contributed by atoms with Crippen molar-refractivity contribution in [1.29, 1.82) is 0 Å². The molecule has 4 heterocycles. The number of fused-ring (bicyclic) bond motifs is 1. The maximum Gasteiger partial charge on any atom is 0.259 e. The Morgan fingerprint density at radius 1 is 1.43 bits per heavy atom. The van der Waals surface area contributed by atoms with Crippen LogP contribution in [0.4, 0.5) is 0 Å². The van der Waals surface area contributed by atoms with Gasteiger partial charge in [0, 0.05) is 29.7 Å². The first-order valence-corrected chi connectivity index (χ1v) is 8.62. The van der Waals surface area contributed by atoms with Crippen molar-refractivity contribution in [3.8, 4) is 0 Å². The maximum absolute atomic E-state index is 12.3. The average molecular weight is 330 g/mol. The Bertz CT molecular complexity index is 868. The van der Waals surface area contributed by atoms with Crippen LogP contribution in [0.15, 0.2) is 28.9 Å². The zero-order chi connectivity index (χ0) is 15.8. The van der Waals surface area contributed by atoms with Gasteiger partial charge in [-0.3, -0.25) is 18.8 Å². The molecule has 1 aliphatic rings. The molecular formula is C15H18N6OS. The van der Waals surface area contributed by atoms with Crippen LogP contribution in [0.3, 0.4) is 0 Å². The van der Waals surface area contributed by atoms with Crippen molar-refractivity contribution in [2.75, 3.05) is 6.54 Å². The van der Waals surface area contributed by atoms with E-state index in [1.54, 1.807) is 23.1 Å². The van der Waals surface area contributed by atoms with E-state index in [1.165, 1.54) is 17.8 Å². The number of likely N-dealkylation sites (tertiary alicyclic amines) is 1. The molecule has 0 aromatic carbocycles. The summed E-state index contributed by atoms with van der Waals surface area (Å²) in [5.41, 5.74) is 1.80. The van der Waals surface area contributed by atoms with E-state index in [0.29, 0.717) is 12.6 Å². The van der Waals surface area contributed by atoms with Crippen LogP contribution in [0.25, 0.3) is 4.96 Å². The molecule has 120 valence electrons. The van der Waals surface area contributed by atoms with E-state index in [-0.39, 0.29) is 5.56 Å². The van der Waals surface area contributed by atoms with E-state index >= 15 is 0 Å². The highest BCUT2D eigenvalue weighted by Gasteiger charge is 2.25. The van der Waals surface area contributed by atoms with Gasteiger partial charge in [-0.2, -0.15) is 5.10 Å². The average Bonchev–Trinajstić information content (AvgIpc) is 3.24. The molecule has 7 nitrogen and oxygen atoms in total. The molecule has 4 rings (SSSR count). The Kier molecular flexibility index (Phi) is 3.70. The summed E-state index contributed by atoms with van der Waals surface area (Å²) in [6.45, 7) is 4.51. The summed E-state index contributed by atoms with van der Waals surface area (Å²) < 4.78 is 3.54. The van der Waals surface area contributed by atoms with Gasteiger partial charge in [-0.25, -0.2) is 9.97 Å². The summed E-state index contributed by atoms with van der Waals surface area (Å²) in [6, 6.07) is 2.08. The minimum absolute atomic E-state index is 0.00998. The molecule has 0 unspecified atom stereocenters. The summed E-state index contributed by atoms with van der Waals surface area (Å²) in [4.78, 5) is 24.1. The minimum Gasteiger partial charge on any atom is -0.293 e. The molecule has 0 N–H and O–H groups in total. The van der Waals surface area contributed by atoms with Crippen LogP contribution in [-0.2, 0) is 13.1 Å². The van der Waals surface area contributed by atoms with Crippen LogP contribution in [0.1, 0.15) is 24.2 Å². The topological polar surface area (TPSA) is 68.3 Å². The molecule has 0 aliphatic carbocycles. The van der Waals surface area contributed by atoms with Gasteiger partial charge in [0.25, 0.3) is 5.56 Å². The molecule has 8 heteroatoms. The van der Waals surface area contributed by atoms with Crippen molar-refractivity contribution < 1.29 is 0 Å². The first-order valence-electron chi connectivity index (χ1n) is 7.74. The van der Waals surface area contributed by atoms with Crippen molar-refractivity contribution in [1.82, 2.24) is 29.0 Å². The number of thiazole rings is 1. The van der Waals surface area contributed by atoms with E-state index in [4.69, 9.17) is 0 Å². The largest absolute Gasteiger partial charge is 0.293 e. The number of hydrogen-bond acceptors (Lipinski definition) is 6. The number of rotatable bonds is 4. The Hall–Kier alpha value is -2.06. The predicted octanol–water partition coefficient (Wildman–Crippen LogP) is 1.32. The number of aromatic nitrogens is 5. The SMILES string of the molecule is Cc1csc2nc(CN3CCC[C@H]3Cn3cncn3)cc(=O)n12. The Balaban J connectivity index is 1.56. The molecule has 1 aliphatic heterocycles. The van der Waals surface area contributed by atoms with E-state index in [0.717, 1.165) is 35.9 Å². The van der Waals surface area contributed by atoms with Gasteiger partial charge in [0.05, 0.1) is 12.2 Å². The number of aryl methyl sites for hydroxylation is 1. The van der Waals surface area contributed by atoms with Crippen LogP contribution in [-0.4, -0.2) is 41.6 Å². The lowest BCUT2D eigenvalue weighted by Gasteiger charge is -2.23. The van der Waals surface area contributed by atoms with E-state index in [1.807, 2.05) is 17.0 Å². The van der Waals surface area contributed by atoms with E-state index in [2.05, 4.69) is 20.0 Å². The monoisotopic (exact) mass is 330 g/mol. The van der Waals surface area contributed by atoms with E-state index < -0.39 is 0 Å². The van der Waals surface area contributed by atoms with Crippen LogP contribution < -0.4 is 5.56 Å². The van der Waals surface area contributed by atoms with Crippen LogP contribution in [0.2, 0.25) is 0 Å². The maximum atomic E-state index is 12.3. The van der Waals surface area contributed by atoms with Gasteiger partial charge in [-0.15, -0.1) is 11.3 Å². The summed E-state index contributed by atoms with van der Waals surface area (Å²) in [6.07, 6.45) is 5.62. The number of hydrogen-bond donors (Lipinski definition) is 0. The van der Waals surface area contributed by atoms with Crippen LogP contribution >= 0.6 is 11.3 Å². The van der Waals surface area contributed by atoms with Crippen molar-refractivity contribution in [2.45, 2.75) is 38.9 Å². The summed E-state index contributed by atoms with van der Waals surface area (Å²) in [5, 5.41) is 6.16. The second-order valence-electron chi connectivity index (χ2n) is 5.96. The van der Waals surface area contributed by atoms with Crippen LogP contribution in [0, 0.1) is 6.92 Å². The molecule has 1 saturated heterocycles. The normalized spacial score (nSPS) is 18.9. The van der Waals surface area contributed by atoms with Gasteiger partial charge < -0.3 is 0 Å². The quantitative estimate of drug-likeness (QED) is 0.722. The van der Waals surface area contributed by atoms with Crippen molar-refractivity contribution in [3.05, 3.63) is 45.8 Å². The Morgan fingerprint density at radius 3 is 3.17 bits per heavy atom. The van der Waals surface area contributed by atoms with Gasteiger partial charge in [-0.05, 0) is 26.3 Å². The lowest BCUT2D eigenvalue weighted by molar-refractivity contribution is 0.216. The molecule has 0 saturated carbocycles. The fourth-order valence-electron chi connectivity index (χ4n) is 3.24. The predicted molar refractivity (Wildman–Crippen MR) is 87.5 cm³/mol. The first-order chi connectivity index (χ1) is 11.2. The van der Waals surface area contributed by atoms with Gasteiger partial charge in [0.15, 0.2) is 4.96 Å². The van der Waals surface area contributed by atoms with Gasteiger partial charge in [-0.1, -0.05) is 0 Å². The second kappa shape index (κ2) is 5.86. The smallest absolute Gasteiger partial charge is 0.259 e. The van der Waals surface area contributed by atoms with Gasteiger partial charge >= 0.3 is 0 Å². The van der Waals surface area contributed by atoms with Crippen molar-refractivity contribution >= 4 is 16.3 Å². The third-order valence-corrected chi connectivity index (χ3v) is 5.30. The molecule has 23 heavy (non-hydrogen) atoms. The highest BCUT2D eigenvalue weighted by Crippen LogP contribution is 2.21. The zero-order valence-electron chi connectivity index (χ0n) is 12.9. The molecule has 1 atom stereocenters. The molecule has 1 fully saturated rings. The van der Waals surface area contributed by atoms with Crippen molar-refractivity contribution in [3.63, 3.8) is 0 Å². The fraction of sp³-hybridized carbons (Fsp3) is 0.467. The standard InChI is InChI=1S/C15H18N6OS/c1-11-8-23-15-18-12(5-14(22)21(11)15)6-19-4-2-3-13(19)7-20-10-16-9-17-20/h5,8-10,13H,2-4,6-7H2,1H3/t13-/m0/s1. The highest BCUT2D eigenvalue weighted by molar-refractivity contribution is 7.15. The lowest BCUT2D eigenvalue weighted by atomic mass is 10.2. The minimum atomic E-state index is 0.00998. The molecule has 3 aromatic heterocycles. The highest BCUT2D eigenvalue weighted by atomic mass is 32.1.